The number of hydrogen-bond acceptors (Lipinski definition) is 5. The molecule has 0 saturated heterocycles. The molecule has 0 aliphatic heterocycles. The zero-order valence-corrected chi connectivity index (χ0v) is 9.81. The molecule has 0 bridgehead atoms. The van der Waals surface area contributed by atoms with Gasteiger partial charge in [-0.3, -0.25) is 9.97 Å². The molecule has 0 spiro atoms. The lowest BCUT2D eigenvalue weighted by molar-refractivity contribution is 1.07. The van der Waals surface area contributed by atoms with Gasteiger partial charge in [0.25, 0.3) is 0 Å². The highest BCUT2D eigenvalue weighted by Crippen LogP contribution is 2.15. The predicted molar refractivity (Wildman–Crippen MR) is 69.0 cm³/mol. The van der Waals surface area contributed by atoms with Gasteiger partial charge in [0.2, 0.25) is 0 Å². The maximum atomic E-state index is 4.27. The summed E-state index contributed by atoms with van der Waals surface area (Å²) in [5.74, 6) is 0. The third-order valence-corrected chi connectivity index (χ3v) is 3.06. The summed E-state index contributed by atoms with van der Waals surface area (Å²) in [6, 6.07) is 5.96. The van der Waals surface area contributed by atoms with Gasteiger partial charge in [-0.2, -0.15) is 0 Å². The van der Waals surface area contributed by atoms with Crippen LogP contribution >= 0.6 is 11.3 Å². The van der Waals surface area contributed by atoms with Gasteiger partial charge >= 0.3 is 0 Å². The van der Waals surface area contributed by atoms with Gasteiger partial charge in [0.05, 0.1) is 28.8 Å². The number of hydrogen-bond donors (Lipinski definition) is 1. The Bertz CT molecular complexity index is 621. The second kappa shape index (κ2) is 4.47. The Morgan fingerprint density at radius 3 is 2.76 bits per heavy atom. The van der Waals surface area contributed by atoms with Crippen LogP contribution in [0.5, 0.6) is 0 Å². The molecule has 0 saturated carbocycles. The van der Waals surface area contributed by atoms with Crippen LogP contribution in [0.25, 0.3) is 11.0 Å². The number of aromatic nitrogens is 3. The van der Waals surface area contributed by atoms with Gasteiger partial charge in [0, 0.05) is 23.5 Å². The number of thiazole rings is 1. The summed E-state index contributed by atoms with van der Waals surface area (Å²) in [6.45, 7) is 0.731. The van der Waals surface area contributed by atoms with Crippen LogP contribution in [0.2, 0.25) is 0 Å². The van der Waals surface area contributed by atoms with Gasteiger partial charge in [-0.1, -0.05) is 0 Å². The standard InChI is InChI=1S/C12H10N4S/c1-2-11-12(14-4-3-13-11)5-9(1)15-6-10-7-17-8-16-10/h1-5,7-8,15H,6H2. The largest absolute Gasteiger partial charge is 0.379 e. The number of anilines is 1. The van der Waals surface area contributed by atoms with E-state index >= 15 is 0 Å². The summed E-state index contributed by atoms with van der Waals surface area (Å²) in [4.78, 5) is 12.7. The fourth-order valence-corrected chi connectivity index (χ4v) is 2.15. The lowest BCUT2D eigenvalue weighted by Crippen LogP contribution is -1.99. The van der Waals surface area contributed by atoms with E-state index in [-0.39, 0.29) is 0 Å². The molecule has 0 aliphatic carbocycles. The Kier molecular flexibility index (Phi) is 2.67. The highest BCUT2D eigenvalue weighted by molar-refractivity contribution is 7.07. The first-order valence-electron chi connectivity index (χ1n) is 5.23. The number of fused-ring (bicyclic) bond motifs is 1. The Hall–Kier alpha value is -2.01. The maximum Gasteiger partial charge on any atom is 0.0907 e. The summed E-state index contributed by atoms with van der Waals surface area (Å²) in [5.41, 5.74) is 5.73. The number of rotatable bonds is 3. The van der Waals surface area contributed by atoms with E-state index in [1.165, 1.54) is 0 Å². The number of nitrogens with one attached hydrogen (secondary N) is 1. The molecule has 3 rings (SSSR count). The average Bonchev–Trinajstić information content (AvgIpc) is 2.89. The van der Waals surface area contributed by atoms with Crippen molar-refractivity contribution in [3.63, 3.8) is 0 Å². The topological polar surface area (TPSA) is 50.7 Å². The van der Waals surface area contributed by atoms with E-state index in [1.54, 1.807) is 23.7 Å². The smallest absolute Gasteiger partial charge is 0.0907 e. The summed E-state index contributed by atoms with van der Waals surface area (Å²) < 4.78 is 0. The predicted octanol–water partition coefficient (Wildman–Crippen LogP) is 2.70. The van der Waals surface area contributed by atoms with Gasteiger partial charge < -0.3 is 5.32 Å². The van der Waals surface area contributed by atoms with Crippen LogP contribution in [0, 0.1) is 0 Å². The van der Waals surface area contributed by atoms with E-state index in [4.69, 9.17) is 0 Å². The van der Waals surface area contributed by atoms with Crippen molar-refractivity contribution in [2.24, 2.45) is 0 Å². The van der Waals surface area contributed by atoms with Crippen LogP contribution in [-0.2, 0) is 6.54 Å². The van der Waals surface area contributed by atoms with E-state index in [0.717, 1.165) is 29.0 Å². The van der Waals surface area contributed by atoms with Gasteiger partial charge in [-0.15, -0.1) is 11.3 Å². The Morgan fingerprint density at radius 2 is 1.94 bits per heavy atom. The van der Waals surface area contributed by atoms with Gasteiger partial charge in [0.1, 0.15) is 0 Å². The molecule has 0 fully saturated rings. The van der Waals surface area contributed by atoms with Crippen LogP contribution in [0.1, 0.15) is 5.69 Å². The zero-order chi connectivity index (χ0) is 11.5. The highest BCUT2D eigenvalue weighted by Gasteiger charge is 1.99. The first-order chi connectivity index (χ1) is 8.42. The van der Waals surface area contributed by atoms with Crippen molar-refractivity contribution < 1.29 is 0 Å². The van der Waals surface area contributed by atoms with E-state index in [2.05, 4.69) is 20.3 Å². The summed E-state index contributed by atoms with van der Waals surface area (Å²) in [7, 11) is 0. The van der Waals surface area contributed by atoms with Crippen LogP contribution in [0.4, 0.5) is 5.69 Å². The fourth-order valence-electron chi connectivity index (χ4n) is 1.59. The molecule has 1 aromatic carbocycles. The Labute approximate surface area is 102 Å². The molecular weight excluding hydrogens is 232 g/mol. The lowest BCUT2D eigenvalue weighted by atomic mass is 10.2. The fraction of sp³-hybridized carbons (Fsp3) is 0.0833. The summed E-state index contributed by atoms with van der Waals surface area (Å²) >= 11 is 1.60. The van der Waals surface area contributed by atoms with E-state index in [1.807, 2.05) is 29.1 Å². The van der Waals surface area contributed by atoms with E-state index in [9.17, 15) is 0 Å². The van der Waals surface area contributed by atoms with Crippen LogP contribution in [0.3, 0.4) is 0 Å². The third-order valence-electron chi connectivity index (χ3n) is 2.43. The van der Waals surface area contributed by atoms with Gasteiger partial charge in [-0.25, -0.2) is 4.98 Å². The second-order valence-electron chi connectivity index (χ2n) is 3.59. The average molecular weight is 242 g/mol. The molecule has 17 heavy (non-hydrogen) atoms. The molecule has 0 atom stereocenters. The quantitative estimate of drug-likeness (QED) is 0.767. The Balaban J connectivity index is 1.81. The molecule has 3 aromatic rings. The van der Waals surface area contributed by atoms with Crippen LogP contribution in [-0.4, -0.2) is 15.0 Å². The van der Waals surface area contributed by atoms with Gasteiger partial charge in [0.15, 0.2) is 0 Å². The van der Waals surface area contributed by atoms with E-state index < -0.39 is 0 Å². The minimum Gasteiger partial charge on any atom is -0.379 e. The molecule has 0 aliphatic rings. The highest BCUT2D eigenvalue weighted by atomic mass is 32.1. The lowest BCUT2D eigenvalue weighted by Gasteiger charge is -2.05. The van der Waals surface area contributed by atoms with Crippen molar-refractivity contribution in [2.75, 3.05) is 5.32 Å². The van der Waals surface area contributed by atoms with Crippen molar-refractivity contribution in [1.82, 2.24) is 15.0 Å². The maximum absolute atomic E-state index is 4.27. The van der Waals surface area contributed by atoms with E-state index in [0.29, 0.717) is 0 Å². The first-order valence-corrected chi connectivity index (χ1v) is 6.18. The molecule has 84 valence electrons. The normalized spacial score (nSPS) is 10.6. The first kappa shape index (κ1) is 10.2. The minimum absolute atomic E-state index is 0.731. The molecule has 1 N–H and O–H groups in total. The van der Waals surface area contributed by atoms with Crippen LogP contribution in [0.15, 0.2) is 41.5 Å². The number of nitrogens with zero attached hydrogens (tertiary/aromatic N) is 3. The summed E-state index contributed by atoms with van der Waals surface area (Å²) in [5, 5.41) is 5.35. The van der Waals surface area contributed by atoms with Crippen molar-refractivity contribution in [2.45, 2.75) is 6.54 Å². The molecule has 4 nitrogen and oxygen atoms in total. The molecule has 0 amide bonds. The third kappa shape index (κ3) is 2.24. The SMILES string of the molecule is c1cnc2cc(NCc3cscn3)ccc2n1. The molecule has 2 aromatic heterocycles. The zero-order valence-electron chi connectivity index (χ0n) is 9.00. The molecule has 2 heterocycles. The monoisotopic (exact) mass is 242 g/mol. The minimum atomic E-state index is 0.731. The van der Waals surface area contributed by atoms with Crippen molar-refractivity contribution in [3.05, 3.63) is 47.2 Å². The molecule has 5 heteroatoms. The van der Waals surface area contributed by atoms with Crippen LogP contribution < -0.4 is 5.32 Å². The second-order valence-corrected chi connectivity index (χ2v) is 4.31. The summed E-state index contributed by atoms with van der Waals surface area (Å²) in [6.07, 6.45) is 3.40. The van der Waals surface area contributed by atoms with Crippen molar-refractivity contribution in [1.29, 1.82) is 0 Å². The molecular formula is C12H10N4S. The van der Waals surface area contributed by atoms with Crippen molar-refractivity contribution >= 4 is 28.1 Å². The Morgan fingerprint density at radius 1 is 1.06 bits per heavy atom. The van der Waals surface area contributed by atoms with Gasteiger partial charge in [-0.05, 0) is 18.2 Å². The molecule has 0 radical (unpaired) electrons. The molecule has 0 unspecified atom stereocenters. The number of benzene rings is 1. The van der Waals surface area contributed by atoms with Crippen molar-refractivity contribution in [3.8, 4) is 0 Å².